The number of hydrogen-bond acceptors (Lipinski definition) is 5. The molecule has 0 saturated heterocycles. The molecule has 0 aliphatic carbocycles. The van der Waals surface area contributed by atoms with Gasteiger partial charge in [-0.15, -0.1) is 0 Å². The highest BCUT2D eigenvalue weighted by Crippen LogP contribution is 2.40. The van der Waals surface area contributed by atoms with E-state index in [-0.39, 0.29) is 12.6 Å². The predicted molar refractivity (Wildman–Crippen MR) is 83.1 cm³/mol. The van der Waals surface area contributed by atoms with E-state index in [1.165, 1.54) is 11.1 Å². The zero-order chi connectivity index (χ0) is 15.2. The molecule has 1 unspecified atom stereocenters. The van der Waals surface area contributed by atoms with E-state index in [1.807, 2.05) is 0 Å². The van der Waals surface area contributed by atoms with Crippen molar-refractivity contribution in [1.29, 1.82) is 0 Å². The van der Waals surface area contributed by atoms with Crippen molar-refractivity contribution in [2.24, 2.45) is 0 Å². The van der Waals surface area contributed by atoms with E-state index in [2.05, 4.69) is 23.6 Å². The first-order valence-electron chi connectivity index (χ1n) is 7.54. The zero-order valence-electron chi connectivity index (χ0n) is 13.2. The van der Waals surface area contributed by atoms with Crippen LogP contribution in [0.15, 0.2) is 6.07 Å². The molecule has 5 heteroatoms. The van der Waals surface area contributed by atoms with Gasteiger partial charge in [0.1, 0.15) is 11.5 Å². The third-order valence-electron chi connectivity index (χ3n) is 3.97. The van der Waals surface area contributed by atoms with E-state index in [0.29, 0.717) is 6.54 Å². The fourth-order valence-electron chi connectivity index (χ4n) is 2.99. The number of fused-ring (bicyclic) bond motifs is 1. The van der Waals surface area contributed by atoms with Crippen molar-refractivity contribution in [2.45, 2.75) is 32.4 Å². The first kappa shape index (κ1) is 16.1. The molecule has 1 atom stereocenters. The van der Waals surface area contributed by atoms with Crippen molar-refractivity contribution in [3.63, 3.8) is 0 Å². The maximum Gasteiger partial charge on any atom is 0.127 e. The highest BCUT2D eigenvalue weighted by molar-refractivity contribution is 5.56. The highest BCUT2D eigenvalue weighted by atomic mass is 16.5. The molecule has 1 aromatic rings. The minimum atomic E-state index is 0.209. The molecule has 21 heavy (non-hydrogen) atoms. The Bertz CT molecular complexity index is 477. The Morgan fingerprint density at radius 1 is 1.38 bits per heavy atom. The van der Waals surface area contributed by atoms with Gasteiger partial charge in [-0.25, -0.2) is 0 Å². The van der Waals surface area contributed by atoms with Gasteiger partial charge in [0, 0.05) is 35.9 Å². The maximum absolute atomic E-state index is 8.84. The normalized spacial score (nSPS) is 17.4. The first-order chi connectivity index (χ1) is 10.2. The van der Waals surface area contributed by atoms with Crippen LogP contribution in [0.2, 0.25) is 0 Å². The summed E-state index contributed by atoms with van der Waals surface area (Å²) in [6.07, 6.45) is 1.70. The number of ether oxygens (including phenoxy) is 2. The standard InChI is InChI=1S/C16H26N2O3/c1-11-15-13(5-7-18-11)16(21-3)12(9-14(15)20-2)10-17-6-4-8-19/h9,11,17-19H,4-8,10H2,1-3H3. The Kier molecular flexibility index (Phi) is 5.85. The van der Waals surface area contributed by atoms with E-state index in [1.54, 1.807) is 14.2 Å². The van der Waals surface area contributed by atoms with Crippen molar-refractivity contribution in [3.8, 4) is 11.5 Å². The van der Waals surface area contributed by atoms with E-state index in [0.717, 1.165) is 43.0 Å². The molecular formula is C16H26N2O3. The van der Waals surface area contributed by atoms with Crippen molar-refractivity contribution >= 4 is 0 Å². The number of methoxy groups -OCH3 is 2. The highest BCUT2D eigenvalue weighted by Gasteiger charge is 2.25. The van der Waals surface area contributed by atoms with Crippen LogP contribution in [0.1, 0.15) is 36.1 Å². The molecule has 0 fully saturated rings. The molecule has 3 N–H and O–H groups in total. The SMILES string of the molecule is COc1cc(CNCCCO)c(OC)c2c1C(C)NCC2. The van der Waals surface area contributed by atoms with E-state index in [4.69, 9.17) is 14.6 Å². The van der Waals surface area contributed by atoms with Crippen molar-refractivity contribution < 1.29 is 14.6 Å². The van der Waals surface area contributed by atoms with Crippen molar-refractivity contribution in [2.75, 3.05) is 33.9 Å². The second-order valence-corrected chi connectivity index (χ2v) is 5.34. The molecule has 1 aliphatic heterocycles. The molecule has 1 aromatic carbocycles. The van der Waals surface area contributed by atoms with Crippen LogP contribution in [0, 0.1) is 0 Å². The van der Waals surface area contributed by atoms with Gasteiger partial charge >= 0.3 is 0 Å². The third kappa shape index (κ3) is 3.48. The molecule has 1 aliphatic rings. The molecule has 0 bridgehead atoms. The van der Waals surface area contributed by atoms with Crippen LogP contribution in [0.5, 0.6) is 11.5 Å². The van der Waals surface area contributed by atoms with Crippen LogP contribution in [0.25, 0.3) is 0 Å². The van der Waals surface area contributed by atoms with Crippen molar-refractivity contribution in [1.82, 2.24) is 10.6 Å². The minimum absolute atomic E-state index is 0.209. The largest absolute Gasteiger partial charge is 0.496 e. The van der Waals surface area contributed by atoms with Gasteiger partial charge in [0.05, 0.1) is 14.2 Å². The molecule has 0 aromatic heterocycles. The number of aliphatic hydroxyl groups excluding tert-OH is 1. The van der Waals surface area contributed by atoms with Gasteiger partial charge in [-0.1, -0.05) is 0 Å². The molecule has 2 rings (SSSR count). The molecular weight excluding hydrogens is 268 g/mol. The van der Waals surface area contributed by atoms with Gasteiger partial charge in [-0.3, -0.25) is 0 Å². The summed E-state index contributed by atoms with van der Waals surface area (Å²) in [5.41, 5.74) is 3.57. The summed E-state index contributed by atoms with van der Waals surface area (Å²) >= 11 is 0. The topological polar surface area (TPSA) is 62.8 Å². The predicted octanol–water partition coefficient (Wildman–Crippen LogP) is 1.38. The fraction of sp³-hybridized carbons (Fsp3) is 0.625. The van der Waals surface area contributed by atoms with Gasteiger partial charge < -0.3 is 25.2 Å². The third-order valence-corrected chi connectivity index (χ3v) is 3.97. The Labute approximate surface area is 126 Å². The Hall–Kier alpha value is -1.30. The van der Waals surface area contributed by atoms with Crippen LogP contribution in [-0.2, 0) is 13.0 Å². The van der Waals surface area contributed by atoms with Gasteiger partial charge in [0.25, 0.3) is 0 Å². The lowest BCUT2D eigenvalue weighted by molar-refractivity contribution is 0.285. The van der Waals surface area contributed by atoms with Crippen LogP contribution in [-0.4, -0.2) is 39.0 Å². The average Bonchev–Trinajstić information content (AvgIpc) is 2.50. The lowest BCUT2D eigenvalue weighted by Gasteiger charge is -2.29. The molecule has 0 spiro atoms. The number of aliphatic hydroxyl groups is 1. The van der Waals surface area contributed by atoms with Crippen LogP contribution in [0.4, 0.5) is 0 Å². The summed E-state index contributed by atoms with van der Waals surface area (Å²) in [7, 11) is 3.44. The van der Waals surface area contributed by atoms with Crippen molar-refractivity contribution in [3.05, 3.63) is 22.8 Å². The summed E-state index contributed by atoms with van der Waals surface area (Å²) in [5, 5.41) is 15.6. The van der Waals surface area contributed by atoms with E-state index < -0.39 is 0 Å². The summed E-state index contributed by atoms with van der Waals surface area (Å²) < 4.78 is 11.3. The number of rotatable bonds is 7. The summed E-state index contributed by atoms with van der Waals surface area (Å²) in [6, 6.07) is 2.33. The Balaban J connectivity index is 2.32. The number of nitrogens with one attached hydrogen (secondary N) is 2. The van der Waals surface area contributed by atoms with Crippen LogP contribution < -0.4 is 20.1 Å². The number of benzene rings is 1. The van der Waals surface area contributed by atoms with Gasteiger partial charge in [0.2, 0.25) is 0 Å². The number of hydrogen-bond donors (Lipinski definition) is 3. The summed E-state index contributed by atoms with van der Waals surface area (Å²) in [4.78, 5) is 0. The fourth-order valence-corrected chi connectivity index (χ4v) is 2.99. The minimum Gasteiger partial charge on any atom is -0.496 e. The van der Waals surface area contributed by atoms with E-state index >= 15 is 0 Å². The zero-order valence-corrected chi connectivity index (χ0v) is 13.2. The molecule has 0 amide bonds. The molecule has 118 valence electrons. The maximum atomic E-state index is 8.84. The van der Waals surface area contributed by atoms with Crippen LogP contribution >= 0.6 is 0 Å². The Morgan fingerprint density at radius 3 is 2.86 bits per heavy atom. The van der Waals surface area contributed by atoms with Gasteiger partial charge in [-0.05, 0) is 38.9 Å². The molecule has 0 radical (unpaired) electrons. The smallest absolute Gasteiger partial charge is 0.127 e. The second-order valence-electron chi connectivity index (χ2n) is 5.34. The monoisotopic (exact) mass is 294 g/mol. The molecule has 1 heterocycles. The molecule has 0 saturated carbocycles. The second kappa shape index (κ2) is 7.64. The lowest BCUT2D eigenvalue weighted by atomic mass is 9.91. The van der Waals surface area contributed by atoms with E-state index in [9.17, 15) is 0 Å². The summed E-state index contributed by atoms with van der Waals surface area (Å²) in [5.74, 6) is 1.89. The molecule has 5 nitrogen and oxygen atoms in total. The Morgan fingerprint density at radius 2 is 2.19 bits per heavy atom. The average molecular weight is 294 g/mol. The first-order valence-corrected chi connectivity index (χ1v) is 7.54. The van der Waals surface area contributed by atoms with Crippen LogP contribution in [0.3, 0.4) is 0 Å². The quantitative estimate of drug-likeness (QED) is 0.663. The summed E-state index contributed by atoms with van der Waals surface area (Å²) in [6.45, 7) is 4.82. The lowest BCUT2D eigenvalue weighted by Crippen LogP contribution is -2.29. The van der Waals surface area contributed by atoms with Gasteiger partial charge in [0.15, 0.2) is 0 Å². The van der Waals surface area contributed by atoms with Gasteiger partial charge in [-0.2, -0.15) is 0 Å².